The van der Waals surface area contributed by atoms with Crippen molar-refractivity contribution in [3.05, 3.63) is 102 Å². The summed E-state index contributed by atoms with van der Waals surface area (Å²) in [5.41, 5.74) is 3.38. The zero-order valence-electron chi connectivity index (χ0n) is 21.0. The fraction of sp³-hybridized carbons (Fsp3) is 0.200. The minimum Gasteiger partial charge on any atom is -0.497 e. The van der Waals surface area contributed by atoms with Crippen LogP contribution in [0.3, 0.4) is 0 Å². The highest BCUT2D eigenvalue weighted by Crippen LogP contribution is 2.31. The maximum Gasteiger partial charge on any atom is 0.261 e. The third-order valence-electron chi connectivity index (χ3n) is 6.51. The number of rotatable bonds is 7. The monoisotopic (exact) mass is 512 g/mol. The number of aliphatic imine (C=N–C) groups is 1. The molecule has 4 aromatic rings. The lowest BCUT2D eigenvalue weighted by Crippen LogP contribution is -2.30. The van der Waals surface area contributed by atoms with Crippen molar-refractivity contribution in [3.8, 4) is 5.75 Å². The molecule has 1 aliphatic rings. The van der Waals surface area contributed by atoms with Crippen molar-refractivity contribution >= 4 is 38.0 Å². The first-order valence-corrected chi connectivity index (χ1v) is 13.5. The fourth-order valence-electron chi connectivity index (χ4n) is 4.70. The molecule has 0 fully saturated rings. The zero-order valence-corrected chi connectivity index (χ0v) is 21.8. The highest BCUT2D eigenvalue weighted by molar-refractivity contribution is 7.92. The Kier molecular flexibility index (Phi) is 6.33. The molecule has 0 unspecified atom stereocenters. The van der Waals surface area contributed by atoms with Crippen LogP contribution in [0.1, 0.15) is 41.8 Å². The van der Waals surface area contributed by atoms with Crippen LogP contribution in [0.4, 0.5) is 5.69 Å². The SMILES string of the molecule is COc1ccc2c(c1)C(CC(=O)c1ccc(NS(=O)(=O)c3ccc4ccccc4c3)cc1)=NC(C)(C)C2. The highest BCUT2D eigenvalue weighted by atomic mass is 32.2. The van der Waals surface area contributed by atoms with E-state index in [9.17, 15) is 13.2 Å². The predicted molar refractivity (Wildman–Crippen MR) is 147 cm³/mol. The van der Waals surface area contributed by atoms with E-state index in [1.807, 2.05) is 42.5 Å². The molecule has 5 rings (SSSR count). The van der Waals surface area contributed by atoms with E-state index in [1.54, 1.807) is 49.6 Å². The van der Waals surface area contributed by atoms with Gasteiger partial charge in [0.05, 0.1) is 29.7 Å². The summed E-state index contributed by atoms with van der Waals surface area (Å²) in [6.45, 7) is 4.11. The van der Waals surface area contributed by atoms with Crippen molar-refractivity contribution in [2.75, 3.05) is 11.8 Å². The van der Waals surface area contributed by atoms with E-state index < -0.39 is 10.0 Å². The molecule has 0 aromatic heterocycles. The van der Waals surface area contributed by atoms with Gasteiger partial charge < -0.3 is 4.74 Å². The number of anilines is 1. The van der Waals surface area contributed by atoms with Crippen molar-refractivity contribution in [1.82, 2.24) is 0 Å². The normalized spacial score (nSPS) is 14.5. The Morgan fingerprint density at radius 3 is 2.41 bits per heavy atom. The molecule has 0 saturated heterocycles. The van der Waals surface area contributed by atoms with Gasteiger partial charge in [-0.05, 0) is 85.1 Å². The number of ketones is 1. The first kappa shape index (κ1) is 24.7. The molecular formula is C30H28N2O4S. The highest BCUT2D eigenvalue weighted by Gasteiger charge is 2.28. The number of carbonyl (C=O) groups excluding carboxylic acids is 1. The molecule has 0 radical (unpaired) electrons. The molecular weight excluding hydrogens is 484 g/mol. The number of methoxy groups -OCH3 is 1. The summed E-state index contributed by atoms with van der Waals surface area (Å²) in [7, 11) is -2.16. The number of nitrogens with one attached hydrogen (secondary N) is 1. The summed E-state index contributed by atoms with van der Waals surface area (Å²) in [6.07, 6.45) is 0.932. The van der Waals surface area contributed by atoms with Crippen LogP contribution in [0.15, 0.2) is 94.8 Å². The van der Waals surface area contributed by atoms with Crippen molar-refractivity contribution in [2.45, 2.75) is 37.1 Å². The number of benzene rings is 4. The summed E-state index contributed by atoms with van der Waals surface area (Å²) in [5.74, 6) is 0.635. The number of carbonyl (C=O) groups is 1. The van der Waals surface area contributed by atoms with E-state index in [-0.39, 0.29) is 22.6 Å². The minimum atomic E-state index is -3.78. The Labute approximate surface area is 217 Å². The molecule has 1 aliphatic heterocycles. The number of Topliss-reactive ketones (excluding diaryl/α,β-unsaturated/α-hetero) is 1. The van der Waals surface area contributed by atoms with Gasteiger partial charge in [0.2, 0.25) is 0 Å². The lowest BCUT2D eigenvalue weighted by molar-refractivity contribution is 0.100. The van der Waals surface area contributed by atoms with Crippen LogP contribution >= 0.6 is 0 Å². The molecule has 1 heterocycles. The molecule has 0 amide bonds. The summed E-state index contributed by atoms with van der Waals surface area (Å²) in [6, 6.07) is 25.0. The second-order valence-corrected chi connectivity index (χ2v) is 11.5. The Morgan fingerprint density at radius 1 is 0.946 bits per heavy atom. The van der Waals surface area contributed by atoms with Crippen LogP contribution in [-0.2, 0) is 16.4 Å². The summed E-state index contributed by atoms with van der Waals surface area (Å²) in [5, 5.41) is 1.82. The van der Waals surface area contributed by atoms with Crippen LogP contribution in [0.25, 0.3) is 10.8 Å². The van der Waals surface area contributed by atoms with Crippen LogP contribution in [0.2, 0.25) is 0 Å². The lowest BCUT2D eigenvalue weighted by Gasteiger charge is -2.29. The quantitative estimate of drug-likeness (QED) is 0.306. The van der Waals surface area contributed by atoms with Crippen LogP contribution in [-0.4, -0.2) is 32.6 Å². The van der Waals surface area contributed by atoms with E-state index in [0.717, 1.165) is 39.8 Å². The zero-order chi connectivity index (χ0) is 26.2. The third kappa shape index (κ3) is 5.27. The Bertz CT molecular complexity index is 1640. The van der Waals surface area contributed by atoms with Crippen molar-refractivity contribution in [1.29, 1.82) is 0 Å². The van der Waals surface area contributed by atoms with Crippen LogP contribution in [0.5, 0.6) is 5.75 Å². The molecule has 188 valence electrons. The van der Waals surface area contributed by atoms with Gasteiger partial charge in [-0.2, -0.15) is 0 Å². The Balaban J connectivity index is 1.34. The molecule has 4 aromatic carbocycles. The number of nitrogens with zero attached hydrogens (tertiary/aromatic N) is 1. The standard InChI is InChI=1S/C30H28N2O4S/c1-30(2)19-23-10-14-25(36-3)17-27(23)28(31-30)18-29(33)21-8-12-24(13-9-21)32-37(34,35)26-15-11-20-6-4-5-7-22(20)16-26/h4-17,32H,18-19H2,1-3H3. The van der Waals surface area contributed by atoms with Gasteiger partial charge in [-0.3, -0.25) is 14.5 Å². The van der Waals surface area contributed by atoms with Crippen LogP contribution in [0, 0.1) is 0 Å². The van der Waals surface area contributed by atoms with Crippen molar-refractivity contribution < 1.29 is 17.9 Å². The Morgan fingerprint density at radius 2 is 1.68 bits per heavy atom. The van der Waals surface area contributed by atoms with E-state index in [0.29, 0.717) is 11.3 Å². The first-order valence-electron chi connectivity index (χ1n) is 12.0. The third-order valence-corrected chi connectivity index (χ3v) is 7.89. The van der Waals surface area contributed by atoms with Gasteiger partial charge in [0, 0.05) is 16.8 Å². The van der Waals surface area contributed by atoms with E-state index in [1.165, 1.54) is 0 Å². The summed E-state index contributed by atoms with van der Waals surface area (Å²) >= 11 is 0. The smallest absolute Gasteiger partial charge is 0.261 e. The van der Waals surface area contributed by atoms with Gasteiger partial charge in [0.15, 0.2) is 5.78 Å². The number of hydrogen-bond donors (Lipinski definition) is 1. The fourth-order valence-corrected chi connectivity index (χ4v) is 5.79. The molecule has 0 bridgehead atoms. The molecule has 7 heteroatoms. The number of ether oxygens (including phenoxy) is 1. The average Bonchev–Trinajstić information content (AvgIpc) is 2.87. The van der Waals surface area contributed by atoms with Gasteiger partial charge in [-0.25, -0.2) is 8.42 Å². The minimum absolute atomic E-state index is 0.0887. The Hall–Kier alpha value is -3.97. The second kappa shape index (κ2) is 9.48. The van der Waals surface area contributed by atoms with Gasteiger partial charge in [0.25, 0.3) is 10.0 Å². The summed E-state index contributed by atoms with van der Waals surface area (Å²) in [4.78, 5) is 18.2. The molecule has 0 saturated carbocycles. The van der Waals surface area contributed by atoms with Gasteiger partial charge in [0.1, 0.15) is 5.75 Å². The maximum atomic E-state index is 13.2. The molecule has 0 spiro atoms. The van der Waals surface area contributed by atoms with Crippen LogP contribution < -0.4 is 9.46 Å². The van der Waals surface area contributed by atoms with E-state index in [4.69, 9.17) is 9.73 Å². The largest absolute Gasteiger partial charge is 0.497 e. The maximum absolute atomic E-state index is 13.2. The topological polar surface area (TPSA) is 84.8 Å². The molecule has 37 heavy (non-hydrogen) atoms. The summed E-state index contributed by atoms with van der Waals surface area (Å²) < 4.78 is 33.9. The molecule has 6 nitrogen and oxygen atoms in total. The number of fused-ring (bicyclic) bond motifs is 2. The van der Waals surface area contributed by atoms with E-state index >= 15 is 0 Å². The predicted octanol–water partition coefficient (Wildman–Crippen LogP) is 6.05. The number of hydrogen-bond acceptors (Lipinski definition) is 5. The molecule has 0 aliphatic carbocycles. The first-order chi connectivity index (χ1) is 17.6. The second-order valence-electron chi connectivity index (χ2n) is 9.86. The van der Waals surface area contributed by atoms with Gasteiger partial charge in [-0.15, -0.1) is 0 Å². The van der Waals surface area contributed by atoms with Crippen molar-refractivity contribution in [3.63, 3.8) is 0 Å². The van der Waals surface area contributed by atoms with E-state index in [2.05, 4.69) is 18.6 Å². The average molecular weight is 513 g/mol. The lowest BCUT2D eigenvalue weighted by atomic mass is 9.85. The molecule has 1 N–H and O–H groups in total. The van der Waals surface area contributed by atoms with Gasteiger partial charge in [-0.1, -0.05) is 36.4 Å². The molecule has 0 atom stereocenters. The van der Waals surface area contributed by atoms with Gasteiger partial charge >= 0.3 is 0 Å². The number of sulfonamides is 1. The van der Waals surface area contributed by atoms with Crippen molar-refractivity contribution in [2.24, 2.45) is 4.99 Å².